The maximum absolute atomic E-state index is 12.4. The van der Waals surface area contributed by atoms with E-state index in [2.05, 4.69) is 26.7 Å². The maximum Gasteiger partial charge on any atom is 0.234 e. The topological polar surface area (TPSA) is 78.3 Å². The van der Waals surface area contributed by atoms with Crippen LogP contribution in [0.15, 0.2) is 36.0 Å². The number of hydrogen-bond donors (Lipinski definition) is 1. The number of rotatable bonds is 7. The molecule has 0 spiro atoms. The number of anilines is 1. The number of carbonyl (C=O) groups excluding carboxylic acids is 1. The predicted molar refractivity (Wildman–Crippen MR) is 113 cm³/mol. The third-order valence-electron chi connectivity index (χ3n) is 5.19. The fraction of sp³-hybridized carbons (Fsp3) is 0.476. The van der Waals surface area contributed by atoms with Gasteiger partial charge in [-0.25, -0.2) is 0 Å². The molecule has 1 aliphatic carbocycles. The highest BCUT2D eigenvalue weighted by molar-refractivity contribution is 7.99. The van der Waals surface area contributed by atoms with Crippen LogP contribution in [-0.4, -0.2) is 39.6 Å². The molecule has 2 heterocycles. The molecular formula is C21H26N4O3S. The van der Waals surface area contributed by atoms with Gasteiger partial charge in [-0.2, -0.15) is 0 Å². The number of fused-ring (bicyclic) bond motifs is 1. The zero-order valence-electron chi connectivity index (χ0n) is 16.4. The number of allylic oxidation sites excluding steroid dienone is 1. The van der Waals surface area contributed by atoms with Gasteiger partial charge >= 0.3 is 0 Å². The molecule has 0 atom stereocenters. The number of nitrogens with zero attached hydrogens (tertiary/aromatic N) is 3. The second-order valence-electron chi connectivity index (χ2n) is 7.27. The van der Waals surface area contributed by atoms with Crippen LogP contribution in [0.25, 0.3) is 0 Å². The molecule has 1 fully saturated rings. The maximum atomic E-state index is 12.4. The molecule has 1 N–H and O–H groups in total. The predicted octanol–water partition coefficient (Wildman–Crippen LogP) is 4.01. The van der Waals surface area contributed by atoms with Crippen LogP contribution in [0.1, 0.15) is 43.8 Å². The van der Waals surface area contributed by atoms with Crippen molar-refractivity contribution in [3.05, 3.63) is 36.7 Å². The summed E-state index contributed by atoms with van der Waals surface area (Å²) in [6.45, 7) is 5.58. The van der Waals surface area contributed by atoms with Crippen LogP contribution in [0.3, 0.4) is 0 Å². The molecule has 2 aromatic rings. The minimum Gasteiger partial charge on any atom is -0.486 e. The summed E-state index contributed by atoms with van der Waals surface area (Å²) in [7, 11) is 0. The Kier molecular flexibility index (Phi) is 6.39. The highest BCUT2D eigenvalue weighted by atomic mass is 32.2. The molecule has 29 heavy (non-hydrogen) atoms. The van der Waals surface area contributed by atoms with E-state index < -0.39 is 0 Å². The number of aromatic nitrogens is 3. The number of hydrogen-bond acceptors (Lipinski definition) is 6. The smallest absolute Gasteiger partial charge is 0.234 e. The van der Waals surface area contributed by atoms with Gasteiger partial charge in [0.15, 0.2) is 16.7 Å². The van der Waals surface area contributed by atoms with Crippen LogP contribution >= 0.6 is 11.8 Å². The molecule has 2 aliphatic rings. The Morgan fingerprint density at radius 3 is 2.79 bits per heavy atom. The molecule has 1 aromatic carbocycles. The Bertz CT molecular complexity index is 877. The first-order valence-electron chi connectivity index (χ1n) is 10.1. The molecule has 154 valence electrons. The molecule has 1 aromatic heterocycles. The van der Waals surface area contributed by atoms with Gasteiger partial charge in [0.25, 0.3) is 0 Å². The average Bonchev–Trinajstić information content (AvgIpc) is 3.16. The van der Waals surface area contributed by atoms with Gasteiger partial charge < -0.3 is 19.4 Å². The Morgan fingerprint density at radius 2 is 2.00 bits per heavy atom. The Hall–Kier alpha value is -2.48. The van der Waals surface area contributed by atoms with E-state index in [-0.39, 0.29) is 11.7 Å². The molecule has 0 radical (unpaired) electrons. The number of benzene rings is 1. The lowest BCUT2D eigenvalue weighted by Gasteiger charge is -2.21. The first-order valence-corrected chi connectivity index (χ1v) is 11.1. The van der Waals surface area contributed by atoms with Crippen molar-refractivity contribution in [2.24, 2.45) is 0 Å². The van der Waals surface area contributed by atoms with Crippen molar-refractivity contribution in [2.75, 3.05) is 24.3 Å². The van der Waals surface area contributed by atoms with Crippen molar-refractivity contribution >= 4 is 23.4 Å². The van der Waals surface area contributed by atoms with Crippen LogP contribution in [0.5, 0.6) is 11.5 Å². The summed E-state index contributed by atoms with van der Waals surface area (Å²) in [4.78, 5) is 12.4. The highest BCUT2D eigenvalue weighted by Crippen LogP contribution is 2.34. The summed E-state index contributed by atoms with van der Waals surface area (Å²) in [6, 6.07) is 5.42. The molecule has 0 saturated heterocycles. The lowest BCUT2D eigenvalue weighted by molar-refractivity contribution is -0.113. The number of ether oxygens (including phenoxy) is 2. The summed E-state index contributed by atoms with van der Waals surface area (Å²) < 4.78 is 13.2. The van der Waals surface area contributed by atoms with Crippen molar-refractivity contribution in [2.45, 2.75) is 49.7 Å². The van der Waals surface area contributed by atoms with Crippen molar-refractivity contribution in [3.8, 4) is 11.5 Å². The summed E-state index contributed by atoms with van der Waals surface area (Å²) in [5.41, 5.74) is 0.690. The number of amides is 1. The van der Waals surface area contributed by atoms with Crippen LogP contribution in [0, 0.1) is 0 Å². The fourth-order valence-corrected chi connectivity index (χ4v) is 4.57. The minimum absolute atomic E-state index is 0.0981. The quantitative estimate of drug-likeness (QED) is 0.545. The van der Waals surface area contributed by atoms with Crippen LogP contribution in [0.2, 0.25) is 0 Å². The fourth-order valence-electron chi connectivity index (χ4n) is 3.82. The third-order valence-corrected chi connectivity index (χ3v) is 6.15. The number of thioether (sulfide) groups is 1. The van der Waals surface area contributed by atoms with E-state index in [4.69, 9.17) is 9.47 Å². The Balaban J connectivity index is 1.38. The van der Waals surface area contributed by atoms with Gasteiger partial charge in [-0.15, -0.1) is 16.8 Å². The summed E-state index contributed by atoms with van der Waals surface area (Å²) >= 11 is 1.40. The molecule has 4 rings (SSSR count). The van der Waals surface area contributed by atoms with Gasteiger partial charge in [0, 0.05) is 24.2 Å². The normalized spacial score (nSPS) is 16.4. The lowest BCUT2D eigenvalue weighted by atomic mass is 9.89. The van der Waals surface area contributed by atoms with Crippen molar-refractivity contribution in [3.63, 3.8) is 0 Å². The first-order chi connectivity index (χ1) is 14.2. The van der Waals surface area contributed by atoms with E-state index in [0.29, 0.717) is 42.9 Å². The molecule has 8 heteroatoms. The summed E-state index contributed by atoms with van der Waals surface area (Å²) in [5, 5.41) is 12.5. The van der Waals surface area contributed by atoms with Crippen LogP contribution < -0.4 is 14.8 Å². The molecule has 0 bridgehead atoms. The van der Waals surface area contributed by atoms with Crippen LogP contribution in [0.4, 0.5) is 5.69 Å². The number of nitrogens with one attached hydrogen (secondary N) is 1. The third kappa shape index (κ3) is 4.75. The number of carbonyl (C=O) groups is 1. The molecule has 1 amide bonds. The lowest BCUT2D eigenvalue weighted by Crippen LogP contribution is -2.17. The molecule has 0 unspecified atom stereocenters. The van der Waals surface area contributed by atoms with E-state index >= 15 is 0 Å². The largest absolute Gasteiger partial charge is 0.486 e. The summed E-state index contributed by atoms with van der Waals surface area (Å²) in [5.74, 6) is 3.01. The van der Waals surface area contributed by atoms with E-state index in [0.717, 1.165) is 23.8 Å². The highest BCUT2D eigenvalue weighted by Gasteiger charge is 2.23. The first kappa shape index (κ1) is 19.8. The van der Waals surface area contributed by atoms with E-state index in [1.54, 1.807) is 6.07 Å². The summed E-state index contributed by atoms with van der Waals surface area (Å²) in [6.07, 6.45) is 7.95. The van der Waals surface area contributed by atoms with E-state index in [1.807, 2.05) is 18.2 Å². The minimum atomic E-state index is -0.0981. The van der Waals surface area contributed by atoms with Gasteiger partial charge in [-0.1, -0.05) is 37.1 Å². The molecule has 1 aliphatic heterocycles. The van der Waals surface area contributed by atoms with Crippen molar-refractivity contribution in [1.82, 2.24) is 14.8 Å². The van der Waals surface area contributed by atoms with Gasteiger partial charge in [0.1, 0.15) is 19.0 Å². The average molecular weight is 415 g/mol. The zero-order valence-corrected chi connectivity index (χ0v) is 17.2. The molecule has 1 saturated carbocycles. The zero-order chi connectivity index (χ0) is 20.1. The Labute approximate surface area is 174 Å². The van der Waals surface area contributed by atoms with Crippen LogP contribution in [-0.2, 0) is 11.3 Å². The monoisotopic (exact) mass is 414 g/mol. The standard InChI is InChI=1S/C21H26N4O3S/c1-2-10-25-20(15-6-4-3-5-7-15)23-24-21(25)29-14-19(26)22-16-8-9-17-18(13-16)28-12-11-27-17/h2,8-9,13,15H,1,3-7,10-12,14H2,(H,22,26). The van der Waals surface area contributed by atoms with Gasteiger partial charge in [0.05, 0.1) is 5.75 Å². The van der Waals surface area contributed by atoms with Gasteiger partial charge in [0.2, 0.25) is 5.91 Å². The Morgan fingerprint density at radius 1 is 1.21 bits per heavy atom. The van der Waals surface area contributed by atoms with Crippen molar-refractivity contribution < 1.29 is 14.3 Å². The second kappa shape index (κ2) is 9.35. The van der Waals surface area contributed by atoms with Gasteiger partial charge in [-0.3, -0.25) is 4.79 Å². The SMILES string of the molecule is C=CCn1c(SCC(=O)Nc2ccc3c(c2)OCCO3)nnc1C1CCCCC1. The van der Waals surface area contributed by atoms with Crippen molar-refractivity contribution in [1.29, 1.82) is 0 Å². The van der Waals surface area contributed by atoms with E-state index in [1.165, 1.54) is 31.0 Å². The van der Waals surface area contributed by atoms with E-state index in [9.17, 15) is 4.79 Å². The second-order valence-corrected chi connectivity index (χ2v) is 8.21. The van der Waals surface area contributed by atoms with Gasteiger partial charge in [-0.05, 0) is 25.0 Å². The molecular weight excluding hydrogens is 388 g/mol. The molecule has 7 nitrogen and oxygen atoms in total.